The highest BCUT2D eigenvalue weighted by Gasteiger charge is 2.46. The first-order valence-electron chi connectivity index (χ1n) is 9.39. The van der Waals surface area contributed by atoms with Crippen molar-refractivity contribution >= 4 is 19.5 Å². The number of hydroxylamine groups is 4. The summed E-state index contributed by atoms with van der Waals surface area (Å²) in [5.41, 5.74) is 0. The number of hydrogen-bond donors (Lipinski definition) is 0. The van der Waals surface area contributed by atoms with Crippen LogP contribution in [0.4, 0.5) is 13.2 Å². The van der Waals surface area contributed by atoms with E-state index in [-0.39, 0.29) is 37.7 Å². The van der Waals surface area contributed by atoms with E-state index in [2.05, 4.69) is 31.1 Å². The molecule has 0 aromatic rings. The van der Waals surface area contributed by atoms with Gasteiger partial charge < -0.3 is 9.64 Å². The van der Waals surface area contributed by atoms with Crippen LogP contribution in [0.25, 0.3) is 0 Å². The largest absolute Gasteiger partial charge is 0.471 e. The molecule has 9 nitrogen and oxygen atoms in total. The van der Waals surface area contributed by atoms with Crippen LogP contribution >= 0.6 is 7.60 Å². The fourth-order valence-corrected chi connectivity index (χ4v) is 3.96. The topological polar surface area (TPSA) is 88.6 Å². The standard InChI is InChI=1S/C19H29F3N3O6P/c1-6-11-24(12-7-2)30-32(28,31-25(13-8-3)14-9-4)16-23(15-17(26)29-10-5)18(27)19(20,21)22/h6-9H,1-4,10-16H2,5H3. The van der Waals surface area contributed by atoms with E-state index < -0.39 is 38.5 Å². The zero-order valence-corrected chi connectivity index (χ0v) is 18.9. The van der Waals surface area contributed by atoms with Crippen molar-refractivity contribution in [2.75, 3.05) is 45.6 Å². The van der Waals surface area contributed by atoms with E-state index in [1.54, 1.807) is 0 Å². The zero-order valence-electron chi connectivity index (χ0n) is 18.0. The van der Waals surface area contributed by atoms with Crippen LogP contribution in [0.5, 0.6) is 0 Å². The Morgan fingerprint density at radius 1 is 0.906 bits per heavy atom. The van der Waals surface area contributed by atoms with Crippen LogP contribution in [0.15, 0.2) is 50.6 Å². The van der Waals surface area contributed by atoms with Gasteiger partial charge in [0.05, 0.1) is 6.61 Å². The predicted molar refractivity (Wildman–Crippen MR) is 113 cm³/mol. The SMILES string of the molecule is C=CCN(CC=C)OP(=O)(CN(CC(=O)OCC)C(=O)C(F)(F)F)ON(CC=C)CC=C. The van der Waals surface area contributed by atoms with Crippen LogP contribution in [-0.2, 0) is 28.1 Å². The second-order valence-electron chi connectivity index (χ2n) is 6.07. The Hall–Kier alpha value is -2.24. The van der Waals surface area contributed by atoms with Gasteiger partial charge in [-0.05, 0) is 6.92 Å². The fraction of sp³-hybridized carbons (Fsp3) is 0.474. The maximum Gasteiger partial charge on any atom is 0.471 e. The van der Waals surface area contributed by atoms with Crippen molar-refractivity contribution in [3.8, 4) is 0 Å². The lowest BCUT2D eigenvalue weighted by Gasteiger charge is -2.32. The number of carbonyl (C=O) groups is 2. The minimum absolute atomic E-state index is 0.00732. The molecule has 32 heavy (non-hydrogen) atoms. The molecule has 0 unspecified atom stereocenters. The Morgan fingerprint density at radius 3 is 1.62 bits per heavy atom. The van der Waals surface area contributed by atoms with Gasteiger partial charge in [-0.2, -0.15) is 23.3 Å². The molecule has 0 aliphatic heterocycles. The number of carbonyl (C=O) groups excluding carboxylic acids is 2. The van der Waals surface area contributed by atoms with Crippen LogP contribution in [0.3, 0.4) is 0 Å². The molecule has 0 bridgehead atoms. The van der Waals surface area contributed by atoms with Crippen molar-refractivity contribution in [1.29, 1.82) is 0 Å². The van der Waals surface area contributed by atoms with Gasteiger partial charge in [0.25, 0.3) is 0 Å². The first-order chi connectivity index (χ1) is 15.0. The third-order valence-electron chi connectivity index (χ3n) is 3.31. The van der Waals surface area contributed by atoms with Crippen molar-refractivity contribution < 1.29 is 41.3 Å². The van der Waals surface area contributed by atoms with Crippen LogP contribution in [0, 0.1) is 0 Å². The van der Waals surface area contributed by atoms with Gasteiger partial charge in [-0.15, -0.1) is 26.3 Å². The van der Waals surface area contributed by atoms with Crippen LogP contribution < -0.4 is 0 Å². The van der Waals surface area contributed by atoms with Crippen molar-refractivity contribution in [2.24, 2.45) is 0 Å². The summed E-state index contributed by atoms with van der Waals surface area (Å²) in [6, 6.07) is 0. The highest BCUT2D eigenvalue weighted by molar-refractivity contribution is 7.53. The fourth-order valence-electron chi connectivity index (χ4n) is 2.21. The summed E-state index contributed by atoms with van der Waals surface area (Å²) in [4.78, 5) is 23.7. The molecule has 0 atom stereocenters. The molecular formula is C19H29F3N3O6P. The molecule has 0 aliphatic carbocycles. The molecule has 0 N–H and O–H groups in total. The van der Waals surface area contributed by atoms with Crippen molar-refractivity contribution in [3.05, 3.63) is 50.6 Å². The third kappa shape index (κ3) is 11.4. The first kappa shape index (κ1) is 29.8. The van der Waals surface area contributed by atoms with E-state index in [4.69, 9.17) is 9.25 Å². The molecule has 0 radical (unpaired) electrons. The van der Waals surface area contributed by atoms with Gasteiger partial charge in [-0.1, -0.05) is 24.3 Å². The number of ether oxygens (including phenoxy) is 1. The quantitative estimate of drug-likeness (QED) is 0.135. The van der Waals surface area contributed by atoms with Crippen molar-refractivity contribution in [2.45, 2.75) is 13.1 Å². The van der Waals surface area contributed by atoms with Crippen LogP contribution in [0.2, 0.25) is 0 Å². The number of alkyl halides is 3. The van der Waals surface area contributed by atoms with E-state index in [1.165, 1.54) is 31.2 Å². The number of esters is 1. The Kier molecular flexibility index (Phi) is 13.7. The van der Waals surface area contributed by atoms with E-state index in [0.29, 0.717) is 0 Å². The van der Waals surface area contributed by atoms with Crippen molar-refractivity contribution in [1.82, 2.24) is 15.0 Å². The highest BCUT2D eigenvalue weighted by atomic mass is 31.2. The number of rotatable bonds is 17. The van der Waals surface area contributed by atoms with Gasteiger partial charge >= 0.3 is 25.6 Å². The molecule has 0 aromatic heterocycles. The molecule has 0 rings (SSSR count). The Bertz CT molecular complexity index is 667. The monoisotopic (exact) mass is 483 g/mol. The number of nitrogens with zero attached hydrogens (tertiary/aromatic N) is 3. The molecule has 0 heterocycles. The normalized spacial score (nSPS) is 11.8. The molecule has 0 spiro atoms. The molecule has 1 amide bonds. The average molecular weight is 483 g/mol. The summed E-state index contributed by atoms with van der Waals surface area (Å²) in [5, 5.41) is 2.14. The van der Waals surface area contributed by atoms with E-state index >= 15 is 0 Å². The summed E-state index contributed by atoms with van der Waals surface area (Å²) in [5.74, 6) is -3.53. The highest BCUT2D eigenvalue weighted by Crippen LogP contribution is 2.51. The van der Waals surface area contributed by atoms with E-state index in [1.807, 2.05) is 0 Å². The van der Waals surface area contributed by atoms with Crippen LogP contribution in [0.1, 0.15) is 6.92 Å². The van der Waals surface area contributed by atoms with Crippen molar-refractivity contribution in [3.63, 3.8) is 0 Å². The number of hydrogen-bond acceptors (Lipinski definition) is 8. The zero-order chi connectivity index (χ0) is 24.8. The Balaban J connectivity index is 6.11. The molecule has 0 saturated carbocycles. The summed E-state index contributed by atoms with van der Waals surface area (Å²) in [6.45, 7) is 14.3. The summed E-state index contributed by atoms with van der Waals surface area (Å²) >= 11 is 0. The minimum atomic E-state index is -5.35. The molecule has 0 aromatic carbocycles. The summed E-state index contributed by atoms with van der Waals surface area (Å²) in [7, 11) is -4.55. The molecular weight excluding hydrogens is 454 g/mol. The maximum atomic E-state index is 13.5. The first-order valence-corrected chi connectivity index (χ1v) is 11.1. The van der Waals surface area contributed by atoms with Gasteiger partial charge in [0.15, 0.2) is 0 Å². The smallest absolute Gasteiger partial charge is 0.465 e. The number of halogens is 3. The van der Waals surface area contributed by atoms with Gasteiger partial charge in [0, 0.05) is 26.2 Å². The van der Waals surface area contributed by atoms with Crippen LogP contribution in [-0.4, -0.2) is 78.7 Å². The lowest BCUT2D eigenvalue weighted by Crippen LogP contribution is -2.45. The Morgan fingerprint density at radius 2 is 1.31 bits per heavy atom. The predicted octanol–water partition coefficient (Wildman–Crippen LogP) is 3.30. The molecule has 13 heteroatoms. The second kappa shape index (κ2) is 14.8. The molecule has 0 aliphatic rings. The van der Waals surface area contributed by atoms with Gasteiger partial charge in [-0.25, -0.2) is 9.25 Å². The molecule has 182 valence electrons. The van der Waals surface area contributed by atoms with Gasteiger partial charge in [0.2, 0.25) is 0 Å². The maximum absolute atomic E-state index is 13.5. The minimum Gasteiger partial charge on any atom is -0.465 e. The van der Waals surface area contributed by atoms with E-state index in [9.17, 15) is 27.3 Å². The molecule has 0 saturated heterocycles. The average Bonchev–Trinajstić information content (AvgIpc) is 2.67. The van der Waals surface area contributed by atoms with E-state index in [0.717, 1.165) is 10.1 Å². The summed E-state index contributed by atoms with van der Waals surface area (Å²) in [6.07, 6.45) is -1.000. The number of amides is 1. The second-order valence-corrected chi connectivity index (χ2v) is 7.90. The van der Waals surface area contributed by atoms with Gasteiger partial charge in [-0.3, -0.25) is 14.2 Å². The Labute approximate surface area is 185 Å². The lowest BCUT2D eigenvalue weighted by atomic mass is 10.5. The third-order valence-corrected chi connectivity index (χ3v) is 4.96. The molecule has 0 fully saturated rings. The summed E-state index contributed by atoms with van der Waals surface area (Å²) < 4.78 is 68.3. The lowest BCUT2D eigenvalue weighted by molar-refractivity contribution is -0.186. The van der Waals surface area contributed by atoms with Gasteiger partial charge in [0.1, 0.15) is 12.8 Å².